The molecule has 0 spiro atoms. The first kappa shape index (κ1) is 18.9. The number of hydrogen-bond donors (Lipinski definition) is 1. The summed E-state index contributed by atoms with van der Waals surface area (Å²) in [5.41, 5.74) is 4.13. The zero-order valence-electron chi connectivity index (χ0n) is 16.3. The molecule has 29 heavy (non-hydrogen) atoms. The van der Waals surface area contributed by atoms with Gasteiger partial charge in [0.15, 0.2) is 0 Å². The fraction of sp³-hybridized carbons (Fsp3) is 0.200. The second-order valence-electron chi connectivity index (χ2n) is 7.33. The average Bonchev–Trinajstić information content (AvgIpc) is 2.80. The van der Waals surface area contributed by atoms with E-state index in [1.54, 1.807) is 24.3 Å². The van der Waals surface area contributed by atoms with E-state index in [0.717, 1.165) is 37.1 Å². The first-order valence-corrected chi connectivity index (χ1v) is 10.1. The summed E-state index contributed by atoms with van der Waals surface area (Å²) in [6.07, 6.45) is 3.34. The van der Waals surface area contributed by atoms with Crippen molar-refractivity contribution in [2.75, 3.05) is 18.4 Å². The number of carbonyl (C=O) groups is 2. The van der Waals surface area contributed by atoms with Crippen molar-refractivity contribution in [1.82, 2.24) is 4.90 Å². The van der Waals surface area contributed by atoms with Gasteiger partial charge in [0.1, 0.15) is 0 Å². The number of likely N-dealkylation sites (tertiary alicyclic amines) is 1. The lowest BCUT2D eigenvalue weighted by atomic mass is 10.0. The van der Waals surface area contributed by atoms with Gasteiger partial charge in [0, 0.05) is 29.9 Å². The summed E-state index contributed by atoms with van der Waals surface area (Å²) in [5.74, 6) is -0.0983. The predicted octanol–water partition coefficient (Wildman–Crippen LogP) is 5.23. The SMILES string of the molecule is O=C(Nc1ccc(C(=O)N2CCCCC2)cc1)c1ccc(-c2ccccc2)cc1. The molecule has 1 N–H and O–H groups in total. The largest absolute Gasteiger partial charge is 0.339 e. The molecule has 4 heteroatoms. The van der Waals surface area contributed by atoms with E-state index < -0.39 is 0 Å². The number of nitrogens with zero attached hydrogens (tertiary/aromatic N) is 1. The van der Waals surface area contributed by atoms with E-state index in [1.807, 2.05) is 59.5 Å². The molecule has 1 heterocycles. The average molecular weight is 384 g/mol. The zero-order valence-corrected chi connectivity index (χ0v) is 16.3. The molecule has 3 aromatic rings. The summed E-state index contributed by atoms with van der Waals surface area (Å²) in [6.45, 7) is 1.66. The van der Waals surface area contributed by atoms with Crippen LogP contribution in [0.15, 0.2) is 78.9 Å². The first-order valence-electron chi connectivity index (χ1n) is 10.1. The van der Waals surface area contributed by atoms with Crippen molar-refractivity contribution in [3.05, 3.63) is 90.0 Å². The van der Waals surface area contributed by atoms with Crippen molar-refractivity contribution in [1.29, 1.82) is 0 Å². The van der Waals surface area contributed by atoms with E-state index in [-0.39, 0.29) is 11.8 Å². The lowest BCUT2D eigenvalue weighted by Crippen LogP contribution is -2.35. The zero-order chi connectivity index (χ0) is 20.1. The summed E-state index contributed by atoms with van der Waals surface area (Å²) < 4.78 is 0. The Morgan fingerprint density at radius 1 is 0.655 bits per heavy atom. The number of piperidine rings is 1. The van der Waals surface area contributed by atoms with Gasteiger partial charge in [0.2, 0.25) is 0 Å². The molecule has 0 radical (unpaired) electrons. The number of nitrogens with one attached hydrogen (secondary N) is 1. The normalized spacial score (nSPS) is 13.7. The first-order chi connectivity index (χ1) is 14.2. The minimum absolute atomic E-state index is 0.0686. The molecule has 3 aromatic carbocycles. The molecule has 4 rings (SSSR count). The lowest BCUT2D eigenvalue weighted by molar-refractivity contribution is 0.0724. The highest BCUT2D eigenvalue weighted by atomic mass is 16.2. The topological polar surface area (TPSA) is 49.4 Å². The van der Waals surface area contributed by atoms with Crippen LogP contribution in [-0.2, 0) is 0 Å². The molecule has 0 saturated carbocycles. The standard InChI is InChI=1S/C25H24N2O2/c28-24(21-11-9-20(10-12-21)19-7-3-1-4-8-19)26-23-15-13-22(14-16-23)25(29)27-17-5-2-6-18-27/h1,3-4,7-16H,2,5-6,17-18H2,(H,26,28). The highest BCUT2D eigenvalue weighted by Crippen LogP contribution is 2.20. The lowest BCUT2D eigenvalue weighted by Gasteiger charge is -2.26. The molecule has 0 unspecified atom stereocenters. The Morgan fingerprint density at radius 3 is 1.90 bits per heavy atom. The number of carbonyl (C=O) groups excluding carboxylic acids is 2. The Balaban J connectivity index is 1.40. The Morgan fingerprint density at radius 2 is 1.24 bits per heavy atom. The maximum absolute atomic E-state index is 12.5. The minimum atomic E-state index is -0.167. The van der Waals surface area contributed by atoms with E-state index in [2.05, 4.69) is 5.32 Å². The predicted molar refractivity (Wildman–Crippen MR) is 116 cm³/mol. The van der Waals surface area contributed by atoms with Gasteiger partial charge < -0.3 is 10.2 Å². The van der Waals surface area contributed by atoms with E-state index in [4.69, 9.17) is 0 Å². The van der Waals surface area contributed by atoms with Crippen LogP contribution in [0.2, 0.25) is 0 Å². The number of amides is 2. The van der Waals surface area contributed by atoms with E-state index >= 15 is 0 Å². The number of benzene rings is 3. The monoisotopic (exact) mass is 384 g/mol. The van der Waals surface area contributed by atoms with Gasteiger partial charge in [0.25, 0.3) is 11.8 Å². The van der Waals surface area contributed by atoms with Crippen LogP contribution in [0.4, 0.5) is 5.69 Å². The van der Waals surface area contributed by atoms with Crippen molar-refractivity contribution in [2.24, 2.45) is 0 Å². The van der Waals surface area contributed by atoms with Crippen LogP contribution in [-0.4, -0.2) is 29.8 Å². The maximum Gasteiger partial charge on any atom is 0.255 e. The van der Waals surface area contributed by atoms with Crippen molar-refractivity contribution >= 4 is 17.5 Å². The van der Waals surface area contributed by atoms with E-state index in [9.17, 15) is 9.59 Å². The molecule has 0 aromatic heterocycles. The Hall–Kier alpha value is -3.40. The van der Waals surface area contributed by atoms with Gasteiger partial charge in [0.05, 0.1) is 0 Å². The molecule has 0 atom stereocenters. The van der Waals surface area contributed by atoms with Crippen LogP contribution in [0.3, 0.4) is 0 Å². The second kappa shape index (κ2) is 8.74. The Labute approximate surface area is 171 Å². The number of rotatable bonds is 4. The third-order valence-corrected chi connectivity index (χ3v) is 5.29. The van der Waals surface area contributed by atoms with Crippen LogP contribution in [0.5, 0.6) is 0 Å². The van der Waals surface area contributed by atoms with E-state index in [0.29, 0.717) is 16.8 Å². The Bertz CT molecular complexity index is 974. The highest BCUT2D eigenvalue weighted by Gasteiger charge is 2.18. The summed E-state index contributed by atoms with van der Waals surface area (Å²) in [6, 6.07) is 24.7. The van der Waals surface area contributed by atoms with Crippen LogP contribution < -0.4 is 5.32 Å². The van der Waals surface area contributed by atoms with Crippen LogP contribution in [0.1, 0.15) is 40.0 Å². The fourth-order valence-corrected chi connectivity index (χ4v) is 3.62. The number of hydrogen-bond acceptors (Lipinski definition) is 2. The molecule has 0 aliphatic carbocycles. The van der Waals surface area contributed by atoms with Gasteiger partial charge in [-0.1, -0.05) is 42.5 Å². The van der Waals surface area contributed by atoms with Gasteiger partial charge in [-0.2, -0.15) is 0 Å². The maximum atomic E-state index is 12.5. The summed E-state index contributed by atoms with van der Waals surface area (Å²) in [7, 11) is 0. The minimum Gasteiger partial charge on any atom is -0.339 e. The highest BCUT2D eigenvalue weighted by molar-refractivity contribution is 6.04. The van der Waals surface area contributed by atoms with Gasteiger partial charge in [-0.15, -0.1) is 0 Å². The van der Waals surface area contributed by atoms with Crippen molar-refractivity contribution in [3.8, 4) is 11.1 Å². The smallest absolute Gasteiger partial charge is 0.255 e. The third-order valence-electron chi connectivity index (χ3n) is 5.29. The van der Waals surface area contributed by atoms with Crippen molar-refractivity contribution < 1.29 is 9.59 Å². The van der Waals surface area contributed by atoms with Crippen LogP contribution >= 0.6 is 0 Å². The number of anilines is 1. The Kier molecular flexibility index (Phi) is 5.71. The molecule has 0 bridgehead atoms. The molecule has 4 nitrogen and oxygen atoms in total. The van der Waals surface area contributed by atoms with Crippen molar-refractivity contribution in [2.45, 2.75) is 19.3 Å². The fourth-order valence-electron chi connectivity index (χ4n) is 3.62. The molecule has 146 valence electrons. The summed E-state index contributed by atoms with van der Waals surface area (Å²) >= 11 is 0. The van der Waals surface area contributed by atoms with Gasteiger partial charge in [-0.05, 0) is 66.8 Å². The molecule has 2 amide bonds. The van der Waals surface area contributed by atoms with Crippen LogP contribution in [0, 0.1) is 0 Å². The quantitative estimate of drug-likeness (QED) is 0.669. The van der Waals surface area contributed by atoms with E-state index in [1.165, 1.54) is 6.42 Å². The molecule has 1 saturated heterocycles. The molecular weight excluding hydrogens is 360 g/mol. The molecular formula is C25H24N2O2. The van der Waals surface area contributed by atoms with Gasteiger partial charge in [-0.25, -0.2) is 0 Å². The summed E-state index contributed by atoms with van der Waals surface area (Å²) in [4.78, 5) is 27.0. The molecule has 1 aliphatic heterocycles. The van der Waals surface area contributed by atoms with Crippen LogP contribution in [0.25, 0.3) is 11.1 Å². The van der Waals surface area contributed by atoms with Crippen molar-refractivity contribution in [3.63, 3.8) is 0 Å². The second-order valence-corrected chi connectivity index (χ2v) is 7.33. The summed E-state index contributed by atoms with van der Waals surface area (Å²) in [5, 5.41) is 2.90. The third kappa shape index (κ3) is 4.54. The van der Waals surface area contributed by atoms with Gasteiger partial charge >= 0.3 is 0 Å². The molecule has 1 aliphatic rings. The van der Waals surface area contributed by atoms with Gasteiger partial charge in [-0.3, -0.25) is 9.59 Å². The molecule has 1 fully saturated rings.